The second kappa shape index (κ2) is 6.53. The Bertz CT molecular complexity index is 515. The highest BCUT2D eigenvalue weighted by Crippen LogP contribution is 2.19. The molecule has 0 unspecified atom stereocenters. The van der Waals surface area contributed by atoms with Crippen LogP contribution >= 0.6 is 0 Å². The molecule has 5 nitrogen and oxygen atoms in total. The van der Waals surface area contributed by atoms with Crippen LogP contribution in [0, 0.1) is 5.82 Å². The molecule has 0 aliphatic carbocycles. The summed E-state index contributed by atoms with van der Waals surface area (Å²) in [6.07, 6.45) is 2.20. The molecule has 0 aliphatic heterocycles. The van der Waals surface area contributed by atoms with Gasteiger partial charge in [0, 0.05) is 18.3 Å². The normalized spacial score (nSPS) is 10.6. The Morgan fingerprint density at radius 2 is 2.11 bits per heavy atom. The number of rotatable bonds is 6. The van der Waals surface area contributed by atoms with E-state index >= 15 is 0 Å². The van der Waals surface area contributed by atoms with Gasteiger partial charge in [0.05, 0.1) is 6.54 Å². The maximum absolute atomic E-state index is 13.5. The van der Waals surface area contributed by atoms with Crippen LogP contribution in [0.4, 0.5) is 10.1 Å². The number of nitrogens with two attached hydrogens (primary N) is 1. The molecule has 0 heterocycles. The first kappa shape index (κ1) is 14.7. The van der Waals surface area contributed by atoms with E-state index in [9.17, 15) is 14.0 Å². The van der Waals surface area contributed by atoms with Gasteiger partial charge >= 0.3 is 5.97 Å². The summed E-state index contributed by atoms with van der Waals surface area (Å²) in [5.41, 5.74) is 6.00. The van der Waals surface area contributed by atoms with Crippen LogP contribution in [0.25, 0.3) is 6.08 Å². The fraction of sp³-hybridized carbons (Fsp3) is 0.231. The van der Waals surface area contributed by atoms with E-state index in [1.54, 1.807) is 17.9 Å². The number of amides is 1. The van der Waals surface area contributed by atoms with Crippen molar-refractivity contribution in [2.75, 3.05) is 18.0 Å². The number of hydrogen-bond donors (Lipinski definition) is 2. The van der Waals surface area contributed by atoms with Crippen molar-refractivity contribution in [3.63, 3.8) is 0 Å². The van der Waals surface area contributed by atoms with Crippen molar-refractivity contribution in [3.05, 3.63) is 35.7 Å². The third kappa shape index (κ3) is 4.79. The molecule has 1 rings (SSSR count). The van der Waals surface area contributed by atoms with Gasteiger partial charge in [-0.2, -0.15) is 0 Å². The van der Waals surface area contributed by atoms with Gasteiger partial charge in [-0.05, 0) is 36.8 Å². The van der Waals surface area contributed by atoms with E-state index < -0.39 is 17.7 Å². The summed E-state index contributed by atoms with van der Waals surface area (Å²) in [6, 6.07) is 4.07. The van der Waals surface area contributed by atoms with Gasteiger partial charge in [-0.25, -0.2) is 9.18 Å². The minimum absolute atomic E-state index is 0.0258. The highest BCUT2D eigenvalue weighted by Gasteiger charge is 2.09. The molecule has 0 aliphatic rings. The predicted molar refractivity (Wildman–Crippen MR) is 70.2 cm³/mol. The smallest absolute Gasteiger partial charge is 0.328 e. The quantitative estimate of drug-likeness (QED) is 0.759. The molecule has 0 spiro atoms. The van der Waals surface area contributed by atoms with Crippen molar-refractivity contribution >= 4 is 23.6 Å². The van der Waals surface area contributed by atoms with Crippen LogP contribution in [0.5, 0.6) is 0 Å². The van der Waals surface area contributed by atoms with E-state index in [4.69, 9.17) is 10.8 Å². The lowest BCUT2D eigenvalue weighted by Crippen LogP contribution is -2.33. The first-order valence-electron chi connectivity index (χ1n) is 5.67. The Hall–Kier alpha value is -2.37. The molecule has 0 saturated carbocycles. The number of aliphatic carboxylic acids is 1. The van der Waals surface area contributed by atoms with Gasteiger partial charge in [0.25, 0.3) is 0 Å². The molecule has 1 aromatic rings. The zero-order valence-corrected chi connectivity index (χ0v) is 10.5. The van der Waals surface area contributed by atoms with Crippen LogP contribution in [-0.2, 0) is 9.59 Å². The molecular weight excluding hydrogens is 251 g/mol. The van der Waals surface area contributed by atoms with Crippen molar-refractivity contribution in [2.45, 2.75) is 6.92 Å². The number of benzene rings is 1. The molecule has 6 heteroatoms. The summed E-state index contributed by atoms with van der Waals surface area (Å²) in [5.74, 6) is -2.14. The number of carbonyl (C=O) groups excluding carboxylic acids is 1. The molecule has 0 bridgehead atoms. The Kier molecular flexibility index (Phi) is 5.05. The Morgan fingerprint density at radius 3 is 2.63 bits per heavy atom. The molecule has 0 radical (unpaired) electrons. The van der Waals surface area contributed by atoms with Gasteiger partial charge in [0.1, 0.15) is 5.82 Å². The molecule has 3 N–H and O–H groups in total. The van der Waals surface area contributed by atoms with Gasteiger partial charge in [0.2, 0.25) is 5.91 Å². The van der Waals surface area contributed by atoms with Crippen LogP contribution in [0.1, 0.15) is 12.5 Å². The van der Waals surface area contributed by atoms with Crippen molar-refractivity contribution in [3.8, 4) is 0 Å². The second-order valence-electron chi connectivity index (χ2n) is 3.89. The van der Waals surface area contributed by atoms with Gasteiger partial charge < -0.3 is 15.7 Å². The molecule has 0 atom stereocenters. The second-order valence-corrected chi connectivity index (χ2v) is 3.89. The van der Waals surface area contributed by atoms with E-state index in [1.807, 2.05) is 0 Å². The number of hydrogen-bond acceptors (Lipinski definition) is 3. The van der Waals surface area contributed by atoms with Crippen LogP contribution in [-0.4, -0.2) is 30.1 Å². The summed E-state index contributed by atoms with van der Waals surface area (Å²) in [5, 5.41) is 8.54. The molecule has 1 amide bonds. The maximum atomic E-state index is 13.5. The van der Waals surface area contributed by atoms with Gasteiger partial charge in [-0.3, -0.25) is 4.79 Å². The first-order valence-corrected chi connectivity index (χ1v) is 5.67. The zero-order chi connectivity index (χ0) is 14.4. The lowest BCUT2D eigenvalue weighted by atomic mass is 10.1. The fourth-order valence-corrected chi connectivity index (χ4v) is 1.62. The highest BCUT2D eigenvalue weighted by molar-refractivity contribution is 5.85. The Balaban J connectivity index is 3.06. The third-order valence-corrected chi connectivity index (χ3v) is 2.42. The minimum atomic E-state index is -1.12. The van der Waals surface area contributed by atoms with Crippen molar-refractivity contribution in [1.82, 2.24) is 0 Å². The largest absolute Gasteiger partial charge is 0.478 e. The SMILES string of the molecule is CCN(CC(N)=O)c1cc(F)cc(/C=C/C(=O)O)c1. The van der Waals surface area contributed by atoms with Crippen LogP contribution in [0.3, 0.4) is 0 Å². The summed E-state index contributed by atoms with van der Waals surface area (Å²) >= 11 is 0. The highest BCUT2D eigenvalue weighted by atomic mass is 19.1. The molecule has 19 heavy (non-hydrogen) atoms. The van der Waals surface area contributed by atoms with E-state index in [0.29, 0.717) is 17.8 Å². The van der Waals surface area contributed by atoms with Crippen LogP contribution in [0.2, 0.25) is 0 Å². The number of carboxylic acid groups (broad SMARTS) is 1. The van der Waals surface area contributed by atoms with E-state index in [-0.39, 0.29) is 6.54 Å². The van der Waals surface area contributed by atoms with Crippen molar-refractivity contribution in [2.24, 2.45) is 5.73 Å². The zero-order valence-electron chi connectivity index (χ0n) is 10.5. The van der Waals surface area contributed by atoms with Crippen LogP contribution < -0.4 is 10.6 Å². The van der Waals surface area contributed by atoms with E-state index in [2.05, 4.69) is 0 Å². The molecule has 1 aromatic carbocycles. The lowest BCUT2D eigenvalue weighted by Gasteiger charge is -2.21. The number of halogens is 1. The topological polar surface area (TPSA) is 83.6 Å². The standard InChI is InChI=1S/C13H15FN2O3/c1-2-16(8-12(15)17)11-6-9(3-4-13(18)19)5-10(14)7-11/h3-7H,2,8H2,1H3,(H2,15,17)(H,18,19)/b4-3+. The third-order valence-electron chi connectivity index (χ3n) is 2.42. The van der Waals surface area contributed by atoms with Gasteiger partial charge in [-0.1, -0.05) is 0 Å². The van der Waals surface area contributed by atoms with Gasteiger partial charge in [-0.15, -0.1) is 0 Å². The predicted octanol–water partition coefficient (Wildman–Crippen LogP) is 1.24. The number of anilines is 1. The monoisotopic (exact) mass is 266 g/mol. The lowest BCUT2D eigenvalue weighted by molar-refractivity contribution is -0.131. The average molecular weight is 266 g/mol. The summed E-state index contributed by atoms with van der Waals surface area (Å²) in [7, 11) is 0. The summed E-state index contributed by atoms with van der Waals surface area (Å²) < 4.78 is 13.5. The van der Waals surface area contributed by atoms with E-state index in [0.717, 1.165) is 6.08 Å². The average Bonchev–Trinajstić information content (AvgIpc) is 2.32. The van der Waals surface area contributed by atoms with Gasteiger partial charge in [0.15, 0.2) is 0 Å². The molecule has 0 saturated heterocycles. The van der Waals surface area contributed by atoms with Crippen molar-refractivity contribution in [1.29, 1.82) is 0 Å². The maximum Gasteiger partial charge on any atom is 0.328 e. The summed E-state index contributed by atoms with van der Waals surface area (Å²) in [6.45, 7) is 2.26. The fourth-order valence-electron chi connectivity index (χ4n) is 1.62. The Morgan fingerprint density at radius 1 is 1.42 bits per heavy atom. The summed E-state index contributed by atoms with van der Waals surface area (Å²) in [4.78, 5) is 22.9. The van der Waals surface area contributed by atoms with E-state index in [1.165, 1.54) is 18.2 Å². The minimum Gasteiger partial charge on any atom is -0.478 e. The first-order chi connectivity index (χ1) is 8.92. The number of likely N-dealkylation sites (N-methyl/N-ethyl adjacent to an activating group) is 1. The molecule has 102 valence electrons. The van der Waals surface area contributed by atoms with Crippen molar-refractivity contribution < 1.29 is 19.1 Å². The number of nitrogens with zero attached hydrogens (tertiary/aromatic N) is 1. The Labute approximate surface area is 110 Å². The number of carboxylic acids is 1. The number of carbonyl (C=O) groups is 2. The molecular formula is C13H15FN2O3. The number of primary amides is 1. The molecule has 0 fully saturated rings. The molecule has 0 aromatic heterocycles. The van der Waals surface area contributed by atoms with Crippen LogP contribution in [0.15, 0.2) is 24.3 Å².